The maximum Gasteiger partial charge on any atom is 0.374 e. The minimum Gasteiger partial charge on any atom is -0.460 e. The second-order valence-electron chi connectivity index (χ2n) is 3.66. The lowest BCUT2D eigenvalue weighted by molar-refractivity contribution is 0.0491. The minimum absolute atomic E-state index is 0.294. The average molecular weight is 233 g/mol. The van der Waals surface area contributed by atoms with Crippen LogP contribution in [0.3, 0.4) is 0 Å². The summed E-state index contributed by atoms with van der Waals surface area (Å²) < 4.78 is 10.5. The molecular formula is C13H15NO3. The summed E-state index contributed by atoms with van der Waals surface area (Å²) in [6.45, 7) is 2.69. The predicted molar refractivity (Wildman–Crippen MR) is 64.9 cm³/mol. The van der Waals surface area contributed by atoms with Crippen LogP contribution in [0.1, 0.15) is 23.0 Å². The second kappa shape index (κ2) is 5.01. The van der Waals surface area contributed by atoms with Crippen molar-refractivity contribution in [1.82, 2.24) is 5.32 Å². The molecule has 1 heterocycles. The van der Waals surface area contributed by atoms with E-state index >= 15 is 0 Å². The van der Waals surface area contributed by atoms with Gasteiger partial charge < -0.3 is 14.5 Å². The van der Waals surface area contributed by atoms with Crippen LogP contribution < -0.4 is 5.32 Å². The third-order valence-electron chi connectivity index (χ3n) is 2.51. The van der Waals surface area contributed by atoms with Crippen molar-refractivity contribution in [2.45, 2.75) is 13.5 Å². The molecule has 0 bridgehead atoms. The Bertz CT molecular complexity index is 530. The van der Waals surface area contributed by atoms with Gasteiger partial charge in [-0.3, -0.25) is 0 Å². The van der Waals surface area contributed by atoms with Crippen molar-refractivity contribution < 1.29 is 13.9 Å². The Morgan fingerprint density at radius 3 is 2.88 bits per heavy atom. The molecule has 0 fully saturated rings. The SMILES string of the molecule is CCOC(=O)c1oc2ccccc2c1CNC. The zero-order chi connectivity index (χ0) is 12.3. The van der Waals surface area contributed by atoms with Crippen molar-refractivity contribution in [3.8, 4) is 0 Å². The van der Waals surface area contributed by atoms with Gasteiger partial charge in [-0.1, -0.05) is 18.2 Å². The molecule has 1 aromatic carbocycles. The number of ether oxygens (including phenoxy) is 1. The van der Waals surface area contributed by atoms with E-state index in [4.69, 9.17) is 9.15 Å². The van der Waals surface area contributed by atoms with Crippen LogP contribution in [0.2, 0.25) is 0 Å². The predicted octanol–water partition coefficient (Wildman–Crippen LogP) is 2.33. The molecular weight excluding hydrogens is 218 g/mol. The van der Waals surface area contributed by atoms with Gasteiger partial charge in [-0.05, 0) is 20.0 Å². The quantitative estimate of drug-likeness (QED) is 0.823. The number of fused-ring (bicyclic) bond motifs is 1. The number of furan rings is 1. The molecule has 0 atom stereocenters. The highest BCUT2D eigenvalue weighted by Crippen LogP contribution is 2.26. The molecule has 1 aromatic heterocycles. The second-order valence-corrected chi connectivity index (χ2v) is 3.66. The van der Waals surface area contributed by atoms with Crippen molar-refractivity contribution in [1.29, 1.82) is 0 Å². The molecule has 0 aliphatic rings. The Morgan fingerprint density at radius 2 is 2.18 bits per heavy atom. The number of rotatable bonds is 4. The fourth-order valence-corrected chi connectivity index (χ4v) is 1.81. The number of hydrogen-bond acceptors (Lipinski definition) is 4. The van der Waals surface area contributed by atoms with Crippen LogP contribution in [0, 0.1) is 0 Å². The minimum atomic E-state index is -0.408. The lowest BCUT2D eigenvalue weighted by Gasteiger charge is -2.01. The molecule has 90 valence electrons. The molecule has 0 saturated heterocycles. The number of carbonyl (C=O) groups is 1. The molecule has 2 rings (SSSR count). The fourth-order valence-electron chi connectivity index (χ4n) is 1.81. The summed E-state index contributed by atoms with van der Waals surface area (Å²) in [6.07, 6.45) is 0. The lowest BCUT2D eigenvalue weighted by atomic mass is 10.1. The van der Waals surface area contributed by atoms with E-state index in [0.29, 0.717) is 24.5 Å². The first-order chi connectivity index (χ1) is 8.27. The lowest BCUT2D eigenvalue weighted by Crippen LogP contribution is -2.11. The van der Waals surface area contributed by atoms with Crippen molar-refractivity contribution in [2.75, 3.05) is 13.7 Å². The van der Waals surface area contributed by atoms with Gasteiger partial charge in [-0.25, -0.2) is 4.79 Å². The first kappa shape index (κ1) is 11.7. The zero-order valence-corrected chi connectivity index (χ0v) is 9.95. The molecule has 0 spiro atoms. The molecule has 0 radical (unpaired) electrons. The van der Waals surface area contributed by atoms with E-state index < -0.39 is 5.97 Å². The Labute approximate surface area is 99.6 Å². The summed E-state index contributed by atoms with van der Waals surface area (Å²) in [5.74, 6) is -0.114. The zero-order valence-electron chi connectivity index (χ0n) is 9.95. The van der Waals surface area contributed by atoms with Gasteiger partial charge in [0, 0.05) is 17.5 Å². The Balaban J connectivity index is 2.53. The van der Waals surface area contributed by atoms with E-state index in [0.717, 1.165) is 10.9 Å². The van der Waals surface area contributed by atoms with Crippen LogP contribution >= 0.6 is 0 Å². The van der Waals surface area contributed by atoms with Gasteiger partial charge in [0.05, 0.1) is 6.61 Å². The van der Waals surface area contributed by atoms with Crippen molar-refractivity contribution >= 4 is 16.9 Å². The maximum absolute atomic E-state index is 11.8. The van der Waals surface area contributed by atoms with Gasteiger partial charge in [0.2, 0.25) is 5.76 Å². The van der Waals surface area contributed by atoms with Gasteiger partial charge in [-0.2, -0.15) is 0 Å². The van der Waals surface area contributed by atoms with Crippen LogP contribution in [0.25, 0.3) is 11.0 Å². The van der Waals surface area contributed by atoms with Gasteiger partial charge in [-0.15, -0.1) is 0 Å². The highest BCUT2D eigenvalue weighted by atomic mass is 16.5. The number of benzene rings is 1. The van der Waals surface area contributed by atoms with Crippen LogP contribution in [0.15, 0.2) is 28.7 Å². The molecule has 0 unspecified atom stereocenters. The monoisotopic (exact) mass is 233 g/mol. The summed E-state index contributed by atoms with van der Waals surface area (Å²) in [4.78, 5) is 11.8. The molecule has 0 aliphatic carbocycles. The van der Waals surface area contributed by atoms with E-state index in [1.165, 1.54) is 0 Å². The Hall–Kier alpha value is -1.81. The van der Waals surface area contributed by atoms with Crippen LogP contribution in [0.5, 0.6) is 0 Å². The van der Waals surface area contributed by atoms with Crippen molar-refractivity contribution in [2.24, 2.45) is 0 Å². The maximum atomic E-state index is 11.8. The normalized spacial score (nSPS) is 10.7. The number of esters is 1. The number of nitrogens with one attached hydrogen (secondary N) is 1. The van der Waals surface area contributed by atoms with Crippen LogP contribution in [-0.4, -0.2) is 19.6 Å². The largest absolute Gasteiger partial charge is 0.460 e. The van der Waals surface area contributed by atoms with E-state index in [9.17, 15) is 4.79 Å². The highest BCUT2D eigenvalue weighted by Gasteiger charge is 2.20. The molecule has 4 nitrogen and oxygen atoms in total. The van der Waals surface area contributed by atoms with Crippen molar-refractivity contribution in [3.63, 3.8) is 0 Å². The molecule has 0 saturated carbocycles. The third-order valence-corrected chi connectivity index (χ3v) is 2.51. The summed E-state index contributed by atoms with van der Waals surface area (Å²) in [6, 6.07) is 7.58. The Kier molecular flexibility index (Phi) is 3.44. The molecule has 1 N–H and O–H groups in total. The van der Waals surface area contributed by atoms with Gasteiger partial charge in [0.1, 0.15) is 5.58 Å². The highest BCUT2D eigenvalue weighted by molar-refractivity contribution is 5.96. The fraction of sp³-hybridized carbons (Fsp3) is 0.308. The summed E-state index contributed by atoms with van der Waals surface area (Å²) in [5.41, 5.74) is 1.56. The van der Waals surface area contributed by atoms with Gasteiger partial charge >= 0.3 is 5.97 Å². The summed E-state index contributed by atoms with van der Waals surface area (Å²) >= 11 is 0. The van der Waals surface area contributed by atoms with Gasteiger partial charge in [0.15, 0.2) is 0 Å². The molecule has 4 heteroatoms. The van der Waals surface area contributed by atoms with E-state index in [-0.39, 0.29) is 0 Å². The van der Waals surface area contributed by atoms with Crippen molar-refractivity contribution in [3.05, 3.63) is 35.6 Å². The first-order valence-electron chi connectivity index (χ1n) is 5.60. The molecule has 2 aromatic rings. The number of para-hydroxylation sites is 1. The van der Waals surface area contributed by atoms with E-state index in [1.54, 1.807) is 6.92 Å². The first-order valence-corrected chi connectivity index (χ1v) is 5.60. The van der Waals surface area contributed by atoms with E-state index in [1.807, 2.05) is 31.3 Å². The molecule has 0 amide bonds. The third kappa shape index (κ3) is 2.17. The molecule has 17 heavy (non-hydrogen) atoms. The summed E-state index contributed by atoms with van der Waals surface area (Å²) in [7, 11) is 1.83. The number of carbonyl (C=O) groups excluding carboxylic acids is 1. The van der Waals surface area contributed by atoms with E-state index in [2.05, 4.69) is 5.32 Å². The number of hydrogen-bond donors (Lipinski definition) is 1. The van der Waals surface area contributed by atoms with Gasteiger partial charge in [0.25, 0.3) is 0 Å². The van der Waals surface area contributed by atoms with Crippen LogP contribution in [-0.2, 0) is 11.3 Å². The Morgan fingerprint density at radius 1 is 1.41 bits per heavy atom. The average Bonchev–Trinajstić information content (AvgIpc) is 2.70. The topological polar surface area (TPSA) is 51.5 Å². The standard InChI is InChI=1S/C13H15NO3/c1-3-16-13(15)12-10(8-14-2)9-6-4-5-7-11(9)17-12/h4-7,14H,3,8H2,1-2H3. The summed E-state index contributed by atoms with van der Waals surface area (Å²) in [5, 5.41) is 3.98. The van der Waals surface area contributed by atoms with Crippen LogP contribution in [0.4, 0.5) is 0 Å². The smallest absolute Gasteiger partial charge is 0.374 e. The molecule has 0 aliphatic heterocycles.